The van der Waals surface area contributed by atoms with Crippen molar-refractivity contribution in [3.8, 4) is 10.6 Å². The Bertz CT molecular complexity index is 627. The van der Waals surface area contributed by atoms with Crippen LogP contribution in [0.3, 0.4) is 0 Å². The summed E-state index contributed by atoms with van der Waals surface area (Å²) in [5, 5.41) is 9.76. The van der Waals surface area contributed by atoms with Gasteiger partial charge in [-0.15, -0.1) is 11.3 Å². The van der Waals surface area contributed by atoms with Crippen LogP contribution in [0.2, 0.25) is 0 Å². The highest BCUT2D eigenvalue weighted by atomic mass is 32.1. The number of carbonyl (C=O) groups excluding carboxylic acids is 1. The van der Waals surface area contributed by atoms with E-state index in [1.54, 1.807) is 11.3 Å². The number of thiophene rings is 1. The minimum Gasteiger partial charge on any atom is -0.354 e. The fourth-order valence-corrected chi connectivity index (χ4v) is 3.99. The van der Waals surface area contributed by atoms with Crippen LogP contribution in [0, 0.1) is 12.8 Å². The predicted octanol–water partition coefficient (Wildman–Crippen LogP) is 4.01. The number of rotatable bonds is 6. The largest absolute Gasteiger partial charge is 0.354 e. The molecule has 1 N–H and O–H groups in total. The Morgan fingerprint density at radius 1 is 1.39 bits per heavy atom. The first-order chi connectivity index (χ1) is 11.2. The van der Waals surface area contributed by atoms with Crippen molar-refractivity contribution in [2.75, 3.05) is 6.54 Å². The predicted molar refractivity (Wildman–Crippen MR) is 94.5 cm³/mol. The third kappa shape index (κ3) is 4.44. The number of amides is 1. The summed E-state index contributed by atoms with van der Waals surface area (Å²) in [6.45, 7) is 3.44. The number of nitrogens with one attached hydrogen (secondary N) is 1. The van der Waals surface area contributed by atoms with E-state index in [1.165, 1.54) is 37.0 Å². The molecule has 0 saturated heterocycles. The van der Waals surface area contributed by atoms with Gasteiger partial charge in [0.05, 0.1) is 11.4 Å². The first kappa shape index (κ1) is 16.2. The highest BCUT2D eigenvalue weighted by Crippen LogP contribution is 2.26. The first-order valence-corrected chi connectivity index (χ1v) is 9.45. The molecule has 124 valence electrons. The second kappa shape index (κ2) is 7.77. The van der Waals surface area contributed by atoms with Gasteiger partial charge < -0.3 is 5.32 Å². The number of hydrogen-bond donors (Lipinski definition) is 1. The molecule has 1 saturated carbocycles. The van der Waals surface area contributed by atoms with E-state index in [-0.39, 0.29) is 5.91 Å². The van der Waals surface area contributed by atoms with Crippen LogP contribution in [0.15, 0.2) is 23.6 Å². The van der Waals surface area contributed by atoms with Crippen LogP contribution in [0.1, 0.15) is 44.2 Å². The molecule has 0 aliphatic heterocycles. The second-order valence-corrected chi connectivity index (χ2v) is 7.38. The smallest absolute Gasteiger partial charge is 0.220 e. The van der Waals surface area contributed by atoms with E-state index in [0.29, 0.717) is 18.9 Å². The molecule has 1 fully saturated rings. The Morgan fingerprint density at radius 2 is 2.22 bits per heavy atom. The Balaban J connectivity index is 1.46. The number of carbonyl (C=O) groups is 1. The standard InChI is InChI=1S/C18H25N3OS/c1-14-12-16(17-8-5-11-23-17)20-21(14)10-9-19-18(22)13-15-6-3-2-4-7-15/h5,8,11-12,15H,2-4,6-7,9-10,13H2,1H3,(H,19,22). The summed E-state index contributed by atoms with van der Waals surface area (Å²) in [6, 6.07) is 6.23. The van der Waals surface area contributed by atoms with E-state index in [0.717, 1.165) is 17.9 Å². The van der Waals surface area contributed by atoms with Crippen molar-refractivity contribution >= 4 is 17.2 Å². The maximum Gasteiger partial charge on any atom is 0.220 e. The average molecular weight is 331 g/mol. The van der Waals surface area contributed by atoms with Crippen LogP contribution >= 0.6 is 11.3 Å². The summed E-state index contributed by atoms with van der Waals surface area (Å²) < 4.78 is 1.98. The molecular formula is C18H25N3OS. The molecule has 5 heteroatoms. The lowest BCUT2D eigenvalue weighted by Crippen LogP contribution is -2.29. The van der Waals surface area contributed by atoms with Gasteiger partial charge in [0.2, 0.25) is 5.91 Å². The van der Waals surface area contributed by atoms with Gasteiger partial charge in [0.15, 0.2) is 0 Å². The van der Waals surface area contributed by atoms with E-state index >= 15 is 0 Å². The van der Waals surface area contributed by atoms with Crippen molar-refractivity contribution in [3.05, 3.63) is 29.3 Å². The van der Waals surface area contributed by atoms with Gasteiger partial charge in [0, 0.05) is 18.7 Å². The third-order valence-electron chi connectivity index (χ3n) is 4.60. The zero-order valence-electron chi connectivity index (χ0n) is 13.8. The quantitative estimate of drug-likeness (QED) is 0.869. The lowest BCUT2D eigenvalue weighted by molar-refractivity contribution is -0.122. The van der Waals surface area contributed by atoms with Crippen molar-refractivity contribution in [2.24, 2.45) is 5.92 Å². The van der Waals surface area contributed by atoms with Crippen LogP contribution in [-0.4, -0.2) is 22.2 Å². The third-order valence-corrected chi connectivity index (χ3v) is 5.49. The van der Waals surface area contributed by atoms with Gasteiger partial charge in [-0.25, -0.2) is 0 Å². The zero-order chi connectivity index (χ0) is 16.1. The van der Waals surface area contributed by atoms with E-state index < -0.39 is 0 Å². The minimum atomic E-state index is 0.195. The fourth-order valence-electron chi connectivity index (χ4n) is 3.31. The molecule has 0 atom stereocenters. The highest BCUT2D eigenvalue weighted by Gasteiger charge is 2.16. The molecule has 1 aliphatic carbocycles. The monoisotopic (exact) mass is 331 g/mol. The number of aromatic nitrogens is 2. The molecule has 0 spiro atoms. The van der Waals surface area contributed by atoms with Gasteiger partial charge in [0.25, 0.3) is 0 Å². The Labute approximate surface area is 141 Å². The Kier molecular flexibility index (Phi) is 5.49. The lowest BCUT2D eigenvalue weighted by Gasteiger charge is -2.20. The van der Waals surface area contributed by atoms with Crippen molar-refractivity contribution in [1.82, 2.24) is 15.1 Å². The van der Waals surface area contributed by atoms with Gasteiger partial charge >= 0.3 is 0 Å². The van der Waals surface area contributed by atoms with E-state index in [1.807, 2.05) is 10.7 Å². The van der Waals surface area contributed by atoms with Crippen LogP contribution in [0.25, 0.3) is 10.6 Å². The normalized spacial score (nSPS) is 15.7. The van der Waals surface area contributed by atoms with Crippen LogP contribution < -0.4 is 5.32 Å². The molecule has 2 aromatic heterocycles. The van der Waals surface area contributed by atoms with Crippen molar-refractivity contribution in [1.29, 1.82) is 0 Å². The molecule has 0 unspecified atom stereocenters. The van der Waals surface area contributed by atoms with E-state index in [9.17, 15) is 4.79 Å². The molecule has 1 amide bonds. The Morgan fingerprint density at radius 3 is 2.96 bits per heavy atom. The molecule has 1 aliphatic rings. The van der Waals surface area contributed by atoms with Gasteiger partial charge in [-0.1, -0.05) is 25.3 Å². The molecule has 0 bridgehead atoms. The van der Waals surface area contributed by atoms with Gasteiger partial charge in [-0.2, -0.15) is 5.10 Å². The molecule has 4 nitrogen and oxygen atoms in total. The number of aryl methyl sites for hydroxylation is 1. The topological polar surface area (TPSA) is 46.9 Å². The Hall–Kier alpha value is -1.62. The molecule has 0 radical (unpaired) electrons. The molecule has 3 rings (SSSR count). The molecule has 2 aromatic rings. The average Bonchev–Trinajstić information content (AvgIpc) is 3.18. The summed E-state index contributed by atoms with van der Waals surface area (Å²) >= 11 is 1.70. The summed E-state index contributed by atoms with van der Waals surface area (Å²) in [5.41, 5.74) is 2.15. The second-order valence-electron chi connectivity index (χ2n) is 6.43. The summed E-state index contributed by atoms with van der Waals surface area (Å²) in [7, 11) is 0. The maximum atomic E-state index is 12.0. The van der Waals surface area contributed by atoms with Gasteiger partial charge in [0.1, 0.15) is 5.69 Å². The maximum absolute atomic E-state index is 12.0. The lowest BCUT2D eigenvalue weighted by atomic mass is 9.87. The molecule has 0 aromatic carbocycles. The van der Waals surface area contributed by atoms with Gasteiger partial charge in [-0.3, -0.25) is 9.48 Å². The van der Waals surface area contributed by atoms with Crippen LogP contribution in [0.4, 0.5) is 0 Å². The van der Waals surface area contributed by atoms with Gasteiger partial charge in [-0.05, 0) is 43.2 Å². The van der Waals surface area contributed by atoms with E-state index in [4.69, 9.17) is 0 Å². The zero-order valence-corrected chi connectivity index (χ0v) is 14.6. The molecule has 23 heavy (non-hydrogen) atoms. The van der Waals surface area contributed by atoms with E-state index in [2.05, 4.69) is 34.9 Å². The first-order valence-electron chi connectivity index (χ1n) is 8.57. The SMILES string of the molecule is Cc1cc(-c2cccs2)nn1CCNC(=O)CC1CCCCC1. The summed E-state index contributed by atoms with van der Waals surface area (Å²) in [6.07, 6.45) is 7.04. The summed E-state index contributed by atoms with van der Waals surface area (Å²) in [4.78, 5) is 13.2. The number of nitrogens with zero attached hydrogens (tertiary/aromatic N) is 2. The van der Waals surface area contributed by atoms with Crippen LogP contribution in [-0.2, 0) is 11.3 Å². The summed E-state index contributed by atoms with van der Waals surface area (Å²) in [5.74, 6) is 0.792. The molecular weight excluding hydrogens is 306 g/mol. The highest BCUT2D eigenvalue weighted by molar-refractivity contribution is 7.13. The minimum absolute atomic E-state index is 0.195. The van der Waals surface area contributed by atoms with Crippen LogP contribution in [0.5, 0.6) is 0 Å². The van der Waals surface area contributed by atoms with Crippen molar-refractivity contribution in [3.63, 3.8) is 0 Å². The number of hydrogen-bond acceptors (Lipinski definition) is 3. The fraction of sp³-hybridized carbons (Fsp3) is 0.556. The van der Waals surface area contributed by atoms with Crippen molar-refractivity contribution in [2.45, 2.75) is 52.0 Å². The molecule has 2 heterocycles. The van der Waals surface area contributed by atoms with Crippen molar-refractivity contribution < 1.29 is 4.79 Å².